The van der Waals surface area contributed by atoms with Crippen molar-refractivity contribution in [3.8, 4) is 0 Å². The van der Waals surface area contributed by atoms with Crippen molar-refractivity contribution in [1.29, 1.82) is 0 Å². The molecule has 2 unspecified atom stereocenters. The molecular weight excluding hydrogens is 248 g/mol. The van der Waals surface area contributed by atoms with Gasteiger partial charge in [-0.1, -0.05) is 31.4 Å². The fourth-order valence-electron chi connectivity index (χ4n) is 2.73. The molecule has 0 aliphatic heterocycles. The van der Waals surface area contributed by atoms with Crippen LogP contribution in [0.25, 0.3) is 0 Å². The SMILES string of the molecule is CC1CCCCC1N(C)C(=O)c1cc(Cl)ccn1. The molecule has 0 bridgehead atoms. The number of aromatic nitrogens is 1. The van der Waals surface area contributed by atoms with Gasteiger partial charge < -0.3 is 4.90 Å². The Balaban J connectivity index is 2.13. The zero-order chi connectivity index (χ0) is 13.1. The van der Waals surface area contributed by atoms with E-state index in [1.807, 2.05) is 11.9 Å². The van der Waals surface area contributed by atoms with Crippen LogP contribution >= 0.6 is 11.6 Å². The monoisotopic (exact) mass is 266 g/mol. The lowest BCUT2D eigenvalue weighted by Crippen LogP contribution is -2.42. The number of nitrogens with zero attached hydrogens (tertiary/aromatic N) is 2. The molecule has 2 atom stereocenters. The van der Waals surface area contributed by atoms with Crippen LogP contribution in [0.2, 0.25) is 5.02 Å². The summed E-state index contributed by atoms with van der Waals surface area (Å²) >= 11 is 5.90. The molecular formula is C14H19ClN2O. The van der Waals surface area contributed by atoms with Gasteiger partial charge in [-0.3, -0.25) is 9.78 Å². The van der Waals surface area contributed by atoms with E-state index in [9.17, 15) is 4.79 Å². The van der Waals surface area contributed by atoms with E-state index in [0.29, 0.717) is 22.7 Å². The molecule has 1 aromatic rings. The van der Waals surface area contributed by atoms with Crippen molar-refractivity contribution < 1.29 is 4.79 Å². The highest BCUT2D eigenvalue weighted by Crippen LogP contribution is 2.28. The predicted molar refractivity (Wildman–Crippen MR) is 72.8 cm³/mol. The smallest absolute Gasteiger partial charge is 0.272 e. The third-order valence-corrected chi connectivity index (χ3v) is 4.06. The van der Waals surface area contributed by atoms with Crippen molar-refractivity contribution in [2.75, 3.05) is 7.05 Å². The van der Waals surface area contributed by atoms with Crippen LogP contribution in [0.4, 0.5) is 0 Å². The zero-order valence-electron chi connectivity index (χ0n) is 10.9. The summed E-state index contributed by atoms with van der Waals surface area (Å²) in [5, 5.41) is 0.554. The second kappa shape index (κ2) is 5.70. The fourth-order valence-corrected chi connectivity index (χ4v) is 2.88. The largest absolute Gasteiger partial charge is 0.337 e. The first kappa shape index (κ1) is 13.3. The Bertz CT molecular complexity index is 436. The molecule has 1 fully saturated rings. The molecule has 0 spiro atoms. The highest BCUT2D eigenvalue weighted by molar-refractivity contribution is 6.30. The van der Waals surface area contributed by atoms with E-state index in [4.69, 9.17) is 11.6 Å². The number of halogens is 1. The van der Waals surface area contributed by atoms with Crippen LogP contribution in [0.5, 0.6) is 0 Å². The molecule has 1 aliphatic carbocycles. The Labute approximate surface area is 113 Å². The van der Waals surface area contributed by atoms with Gasteiger partial charge in [-0.2, -0.15) is 0 Å². The third-order valence-electron chi connectivity index (χ3n) is 3.83. The van der Waals surface area contributed by atoms with E-state index in [1.54, 1.807) is 18.3 Å². The van der Waals surface area contributed by atoms with E-state index in [0.717, 1.165) is 6.42 Å². The predicted octanol–water partition coefficient (Wildman–Crippen LogP) is 3.39. The molecule has 3 nitrogen and oxygen atoms in total. The van der Waals surface area contributed by atoms with Gasteiger partial charge in [0.15, 0.2) is 0 Å². The van der Waals surface area contributed by atoms with E-state index >= 15 is 0 Å². The van der Waals surface area contributed by atoms with Crippen molar-refractivity contribution in [3.63, 3.8) is 0 Å². The number of carbonyl (C=O) groups is 1. The molecule has 0 aromatic carbocycles. The highest BCUT2D eigenvalue weighted by atomic mass is 35.5. The summed E-state index contributed by atoms with van der Waals surface area (Å²) < 4.78 is 0. The Morgan fingerprint density at radius 1 is 1.44 bits per heavy atom. The molecule has 1 aromatic heterocycles. The average Bonchev–Trinajstić information content (AvgIpc) is 2.37. The first-order chi connectivity index (χ1) is 8.59. The first-order valence-electron chi connectivity index (χ1n) is 6.48. The van der Waals surface area contributed by atoms with E-state index in [1.165, 1.54) is 19.3 Å². The van der Waals surface area contributed by atoms with Crippen LogP contribution in [-0.2, 0) is 0 Å². The van der Waals surface area contributed by atoms with Crippen LogP contribution in [0.1, 0.15) is 43.1 Å². The second-order valence-electron chi connectivity index (χ2n) is 5.10. The molecule has 1 saturated carbocycles. The van der Waals surface area contributed by atoms with Gasteiger partial charge in [0.2, 0.25) is 0 Å². The molecule has 2 rings (SSSR count). The van der Waals surface area contributed by atoms with Crippen LogP contribution in [0, 0.1) is 5.92 Å². The number of rotatable bonds is 2. The summed E-state index contributed by atoms with van der Waals surface area (Å²) in [6.07, 6.45) is 6.34. The van der Waals surface area contributed by atoms with Crippen molar-refractivity contribution in [1.82, 2.24) is 9.88 Å². The van der Waals surface area contributed by atoms with Crippen molar-refractivity contribution >= 4 is 17.5 Å². The highest BCUT2D eigenvalue weighted by Gasteiger charge is 2.28. The molecule has 0 N–H and O–H groups in total. The lowest BCUT2D eigenvalue weighted by molar-refractivity contribution is 0.0623. The van der Waals surface area contributed by atoms with Crippen LogP contribution in [0.3, 0.4) is 0 Å². The number of carbonyl (C=O) groups excluding carboxylic acids is 1. The number of hydrogen-bond acceptors (Lipinski definition) is 2. The summed E-state index contributed by atoms with van der Waals surface area (Å²) in [6.45, 7) is 2.22. The fraction of sp³-hybridized carbons (Fsp3) is 0.571. The van der Waals surface area contributed by atoms with Crippen molar-refractivity contribution in [3.05, 3.63) is 29.0 Å². The van der Waals surface area contributed by atoms with Crippen molar-refractivity contribution in [2.45, 2.75) is 38.6 Å². The molecule has 1 amide bonds. The molecule has 4 heteroatoms. The maximum Gasteiger partial charge on any atom is 0.272 e. The second-order valence-corrected chi connectivity index (χ2v) is 5.54. The summed E-state index contributed by atoms with van der Waals surface area (Å²) in [4.78, 5) is 18.3. The minimum atomic E-state index is -0.0312. The minimum absolute atomic E-state index is 0.0312. The molecule has 1 aliphatic rings. The quantitative estimate of drug-likeness (QED) is 0.822. The van der Waals surface area contributed by atoms with Crippen LogP contribution < -0.4 is 0 Å². The molecule has 98 valence electrons. The van der Waals surface area contributed by atoms with Gasteiger partial charge in [-0.15, -0.1) is 0 Å². The Hall–Kier alpha value is -1.09. The Morgan fingerprint density at radius 3 is 2.83 bits per heavy atom. The van der Waals surface area contributed by atoms with Gasteiger partial charge in [-0.25, -0.2) is 0 Å². The standard InChI is InChI=1S/C14H19ClN2O/c1-10-5-3-4-6-13(10)17(2)14(18)12-9-11(15)7-8-16-12/h7-10,13H,3-6H2,1-2H3. The van der Waals surface area contributed by atoms with Crippen molar-refractivity contribution in [2.24, 2.45) is 5.92 Å². The van der Waals surface area contributed by atoms with Gasteiger partial charge in [-0.05, 0) is 30.9 Å². The minimum Gasteiger partial charge on any atom is -0.337 e. The number of amides is 1. The van der Waals surface area contributed by atoms with Gasteiger partial charge in [0, 0.05) is 24.3 Å². The lowest BCUT2D eigenvalue weighted by Gasteiger charge is -2.36. The maximum absolute atomic E-state index is 12.3. The lowest BCUT2D eigenvalue weighted by atomic mass is 9.85. The topological polar surface area (TPSA) is 33.2 Å². The molecule has 18 heavy (non-hydrogen) atoms. The first-order valence-corrected chi connectivity index (χ1v) is 6.86. The van der Waals surface area contributed by atoms with Gasteiger partial charge in [0.1, 0.15) is 5.69 Å². The normalized spacial score (nSPS) is 23.7. The summed E-state index contributed by atoms with van der Waals surface area (Å²) in [5.41, 5.74) is 0.433. The van der Waals surface area contributed by atoms with Crippen LogP contribution in [-0.4, -0.2) is 28.9 Å². The summed E-state index contributed by atoms with van der Waals surface area (Å²) in [7, 11) is 1.87. The maximum atomic E-state index is 12.3. The van der Waals surface area contributed by atoms with Gasteiger partial charge in [0.25, 0.3) is 5.91 Å². The zero-order valence-corrected chi connectivity index (χ0v) is 11.7. The van der Waals surface area contributed by atoms with E-state index < -0.39 is 0 Å². The number of pyridine rings is 1. The van der Waals surface area contributed by atoms with Crippen LogP contribution in [0.15, 0.2) is 18.3 Å². The van der Waals surface area contributed by atoms with E-state index in [2.05, 4.69) is 11.9 Å². The Kier molecular flexibility index (Phi) is 4.23. The molecule has 0 radical (unpaired) electrons. The molecule has 1 heterocycles. The van der Waals surface area contributed by atoms with E-state index in [-0.39, 0.29) is 5.91 Å². The Morgan fingerprint density at radius 2 is 2.17 bits per heavy atom. The number of hydrogen-bond donors (Lipinski definition) is 0. The summed E-state index contributed by atoms with van der Waals surface area (Å²) in [5.74, 6) is 0.531. The summed E-state index contributed by atoms with van der Waals surface area (Å²) in [6, 6.07) is 3.64. The van der Waals surface area contributed by atoms with Gasteiger partial charge >= 0.3 is 0 Å². The third kappa shape index (κ3) is 2.83. The average molecular weight is 267 g/mol. The molecule has 0 saturated heterocycles. The van der Waals surface area contributed by atoms with Gasteiger partial charge in [0.05, 0.1) is 0 Å².